The molecule has 0 bridgehead atoms. The molecule has 28 heavy (non-hydrogen) atoms. The number of amides is 1. The molecule has 1 atom stereocenters. The van der Waals surface area contributed by atoms with Gasteiger partial charge in [-0.2, -0.15) is 5.26 Å². The number of fused-ring (bicyclic) bond motifs is 3. The van der Waals surface area contributed by atoms with Gasteiger partial charge >= 0.3 is 0 Å². The van der Waals surface area contributed by atoms with Crippen LogP contribution in [0.25, 0.3) is 6.08 Å². The Bertz CT molecular complexity index is 1230. The molecule has 1 amide bonds. The molecule has 0 saturated heterocycles. The molecular formula is C20H14BrN3O4. The third-order valence-electron chi connectivity index (χ3n) is 4.71. The molecule has 0 aromatic heterocycles. The predicted molar refractivity (Wildman–Crippen MR) is 103 cm³/mol. The van der Waals surface area contributed by atoms with Gasteiger partial charge in [-0.25, -0.2) is 4.99 Å². The molecule has 2 aromatic carbocycles. The Hall–Kier alpha value is -3.31. The van der Waals surface area contributed by atoms with Crippen LogP contribution in [0.5, 0.6) is 17.2 Å². The second kappa shape index (κ2) is 6.69. The van der Waals surface area contributed by atoms with Crippen LogP contribution in [-0.2, 0) is 4.79 Å². The molecule has 0 spiro atoms. The van der Waals surface area contributed by atoms with Gasteiger partial charge in [-0.3, -0.25) is 4.79 Å². The zero-order valence-electron chi connectivity index (χ0n) is 14.9. The molecule has 2 heterocycles. The van der Waals surface area contributed by atoms with Gasteiger partial charge in [-0.05, 0) is 23.8 Å². The summed E-state index contributed by atoms with van der Waals surface area (Å²) < 4.78 is 17.2. The first-order valence-corrected chi connectivity index (χ1v) is 9.04. The van der Waals surface area contributed by atoms with Crippen molar-refractivity contribution in [2.24, 2.45) is 10.7 Å². The van der Waals surface area contributed by atoms with E-state index in [2.05, 4.69) is 27.0 Å². The molecule has 140 valence electrons. The summed E-state index contributed by atoms with van der Waals surface area (Å²) in [6, 6.07) is 9.24. The number of halogens is 1. The van der Waals surface area contributed by atoms with Crippen LogP contribution in [0.3, 0.4) is 0 Å². The minimum Gasteiger partial charge on any atom is -0.493 e. The lowest BCUT2D eigenvalue weighted by atomic mass is 9.83. The van der Waals surface area contributed by atoms with Crippen molar-refractivity contribution in [1.82, 2.24) is 0 Å². The number of hydrogen-bond acceptors (Lipinski definition) is 6. The van der Waals surface area contributed by atoms with E-state index in [-0.39, 0.29) is 17.4 Å². The highest BCUT2D eigenvalue weighted by molar-refractivity contribution is 9.10. The topological polar surface area (TPSA) is 107 Å². The van der Waals surface area contributed by atoms with Crippen LogP contribution in [0.4, 0.5) is 0 Å². The summed E-state index contributed by atoms with van der Waals surface area (Å²) in [6.45, 7) is 0. The summed E-state index contributed by atoms with van der Waals surface area (Å²) in [4.78, 5) is 15.7. The highest BCUT2D eigenvalue weighted by Crippen LogP contribution is 2.45. The van der Waals surface area contributed by atoms with Crippen molar-refractivity contribution in [2.45, 2.75) is 5.92 Å². The first-order valence-electron chi connectivity index (χ1n) is 8.24. The number of carbonyl (C=O) groups excluding carboxylic acids is 1. The van der Waals surface area contributed by atoms with E-state index in [9.17, 15) is 10.1 Å². The second-order valence-corrected chi connectivity index (χ2v) is 7.02. The summed E-state index contributed by atoms with van der Waals surface area (Å²) in [7, 11) is 3.09. The van der Waals surface area contributed by atoms with Crippen molar-refractivity contribution < 1.29 is 19.0 Å². The van der Waals surface area contributed by atoms with Crippen LogP contribution in [0, 0.1) is 11.3 Å². The monoisotopic (exact) mass is 439 g/mol. The Balaban J connectivity index is 2.03. The number of nitrogens with two attached hydrogens (primary N) is 1. The largest absolute Gasteiger partial charge is 0.493 e. The Morgan fingerprint density at radius 3 is 2.61 bits per heavy atom. The van der Waals surface area contributed by atoms with E-state index < -0.39 is 5.92 Å². The Kier molecular flexibility index (Phi) is 4.32. The summed E-state index contributed by atoms with van der Waals surface area (Å²) in [6.07, 6.45) is 1.40. The average molecular weight is 440 g/mol. The molecule has 0 radical (unpaired) electrons. The molecule has 2 aliphatic rings. The van der Waals surface area contributed by atoms with Crippen molar-refractivity contribution >= 4 is 27.9 Å². The van der Waals surface area contributed by atoms with Crippen LogP contribution in [0.2, 0.25) is 0 Å². The van der Waals surface area contributed by atoms with Crippen molar-refractivity contribution in [2.75, 3.05) is 14.2 Å². The molecule has 4 rings (SSSR count). The van der Waals surface area contributed by atoms with Gasteiger partial charge in [0.15, 0.2) is 11.5 Å². The Morgan fingerprint density at radius 2 is 1.93 bits per heavy atom. The molecule has 2 N–H and O–H groups in total. The van der Waals surface area contributed by atoms with Crippen molar-refractivity contribution in [3.05, 3.63) is 61.9 Å². The number of rotatable bonds is 3. The van der Waals surface area contributed by atoms with Crippen molar-refractivity contribution in [3.63, 3.8) is 0 Å². The minimum atomic E-state index is -0.516. The quantitative estimate of drug-likeness (QED) is 0.778. The normalized spacial score (nSPS) is 16.9. The van der Waals surface area contributed by atoms with E-state index in [1.807, 2.05) is 0 Å². The highest BCUT2D eigenvalue weighted by Gasteiger charge is 2.34. The van der Waals surface area contributed by atoms with Crippen LogP contribution in [0.1, 0.15) is 17.0 Å². The van der Waals surface area contributed by atoms with Crippen LogP contribution >= 0.6 is 15.9 Å². The Morgan fingerprint density at radius 1 is 1.21 bits per heavy atom. The van der Waals surface area contributed by atoms with E-state index in [0.717, 1.165) is 5.56 Å². The van der Waals surface area contributed by atoms with Crippen molar-refractivity contribution in [3.8, 4) is 23.3 Å². The molecule has 0 fully saturated rings. The third-order valence-corrected chi connectivity index (χ3v) is 5.40. The fourth-order valence-corrected chi connectivity index (χ4v) is 4.01. The maximum absolute atomic E-state index is 11.7. The molecule has 2 aliphatic heterocycles. The molecule has 7 nitrogen and oxygen atoms in total. The number of methoxy groups -OCH3 is 2. The number of carbonyl (C=O) groups is 1. The first kappa shape index (κ1) is 18.1. The number of nitrogens with zero attached hydrogens (tertiary/aromatic N) is 2. The zero-order valence-corrected chi connectivity index (χ0v) is 16.5. The molecular weight excluding hydrogens is 426 g/mol. The van der Waals surface area contributed by atoms with Gasteiger partial charge in [0.2, 0.25) is 5.88 Å². The summed E-state index contributed by atoms with van der Waals surface area (Å²) in [5.74, 6) is 0.606. The predicted octanol–water partition coefficient (Wildman–Crippen LogP) is 1.62. The SMILES string of the molecule is COc1cc(Br)c(C2C(C#N)=C(N)Oc3c2ccc2c3=CC(=O)N=2)cc1OC. The molecule has 2 aromatic rings. The lowest BCUT2D eigenvalue weighted by molar-refractivity contribution is -0.112. The smallest absolute Gasteiger partial charge is 0.271 e. The van der Waals surface area contributed by atoms with Gasteiger partial charge in [0.1, 0.15) is 17.4 Å². The number of nitriles is 1. The zero-order chi connectivity index (χ0) is 20.0. The summed E-state index contributed by atoms with van der Waals surface area (Å²) >= 11 is 3.56. The van der Waals surface area contributed by atoms with Crippen LogP contribution in [0.15, 0.2) is 45.2 Å². The van der Waals surface area contributed by atoms with Gasteiger partial charge in [-0.15, -0.1) is 0 Å². The lowest BCUT2D eigenvalue weighted by Gasteiger charge is -2.27. The lowest BCUT2D eigenvalue weighted by Crippen LogP contribution is -2.31. The van der Waals surface area contributed by atoms with Gasteiger partial charge < -0.3 is 19.9 Å². The first-order chi connectivity index (χ1) is 13.5. The van der Waals surface area contributed by atoms with E-state index in [1.165, 1.54) is 13.2 Å². The van der Waals surface area contributed by atoms with E-state index >= 15 is 0 Å². The number of benzene rings is 2. The molecule has 1 unspecified atom stereocenters. The fraction of sp³-hybridized carbons (Fsp3) is 0.150. The Labute approximate surface area is 168 Å². The maximum atomic E-state index is 11.7. The van der Waals surface area contributed by atoms with Gasteiger partial charge in [0.05, 0.1) is 25.5 Å². The summed E-state index contributed by atoms with van der Waals surface area (Å²) in [5.41, 5.74) is 7.80. The van der Waals surface area contributed by atoms with E-state index in [1.54, 1.807) is 31.4 Å². The van der Waals surface area contributed by atoms with Crippen molar-refractivity contribution in [1.29, 1.82) is 5.26 Å². The minimum absolute atomic E-state index is 0.0113. The molecule has 8 heteroatoms. The van der Waals surface area contributed by atoms with E-state index in [0.29, 0.717) is 37.9 Å². The second-order valence-electron chi connectivity index (χ2n) is 6.16. The number of allylic oxidation sites excluding steroid dienone is 1. The van der Waals surface area contributed by atoms with Crippen LogP contribution in [-0.4, -0.2) is 20.1 Å². The summed E-state index contributed by atoms with van der Waals surface area (Å²) in [5, 5.41) is 10.8. The highest BCUT2D eigenvalue weighted by atomic mass is 79.9. The fourth-order valence-electron chi connectivity index (χ4n) is 3.46. The maximum Gasteiger partial charge on any atom is 0.271 e. The number of hydrogen-bond donors (Lipinski definition) is 1. The standard InChI is InChI=1S/C20H14BrN3O4/c1-26-15-5-10(13(21)7-16(15)27-2)18-9-3-4-14-11(6-17(25)24-14)19(9)28-20(23)12(18)8-22/h3-7,18H,23H2,1-2H3. The van der Waals surface area contributed by atoms with Crippen LogP contribution < -0.4 is 30.5 Å². The van der Waals surface area contributed by atoms with Gasteiger partial charge in [0.25, 0.3) is 5.91 Å². The molecule has 0 saturated carbocycles. The van der Waals surface area contributed by atoms with Gasteiger partial charge in [0, 0.05) is 21.3 Å². The van der Waals surface area contributed by atoms with E-state index in [4.69, 9.17) is 19.9 Å². The average Bonchev–Trinajstić information content (AvgIpc) is 3.07. The van der Waals surface area contributed by atoms with Gasteiger partial charge in [-0.1, -0.05) is 22.0 Å². The molecule has 0 aliphatic carbocycles. The third kappa shape index (κ3) is 2.63. The number of ether oxygens (including phenoxy) is 3.